The fourth-order valence-electron chi connectivity index (χ4n) is 1.56. The van der Waals surface area contributed by atoms with Crippen LogP contribution >= 0.6 is 0 Å². The SMILES string of the molecule is CCC(=O)c1cccc(S(=O)(=O)N(C)C(C)C(=O)O)c1. The summed E-state index contributed by atoms with van der Waals surface area (Å²) in [6.07, 6.45) is 0.269. The largest absolute Gasteiger partial charge is 0.480 e. The van der Waals surface area contributed by atoms with Gasteiger partial charge in [-0.15, -0.1) is 0 Å². The van der Waals surface area contributed by atoms with Crippen molar-refractivity contribution in [3.63, 3.8) is 0 Å². The molecule has 0 bridgehead atoms. The summed E-state index contributed by atoms with van der Waals surface area (Å²) in [5.74, 6) is -1.41. The number of carboxylic acid groups (broad SMARTS) is 1. The second-order valence-corrected chi connectivity index (χ2v) is 6.34. The van der Waals surface area contributed by atoms with Gasteiger partial charge in [0.05, 0.1) is 4.90 Å². The molecule has 0 aromatic heterocycles. The van der Waals surface area contributed by atoms with Crippen molar-refractivity contribution >= 4 is 21.8 Å². The number of hydrogen-bond acceptors (Lipinski definition) is 4. The van der Waals surface area contributed by atoms with Crippen LogP contribution in [0.15, 0.2) is 29.2 Å². The van der Waals surface area contributed by atoms with E-state index in [2.05, 4.69) is 0 Å². The molecule has 20 heavy (non-hydrogen) atoms. The number of carboxylic acids is 1. The van der Waals surface area contributed by atoms with Crippen molar-refractivity contribution in [1.82, 2.24) is 4.31 Å². The molecule has 1 aromatic rings. The molecule has 0 fully saturated rings. The lowest BCUT2D eigenvalue weighted by atomic mass is 10.1. The highest BCUT2D eigenvalue weighted by atomic mass is 32.2. The first kappa shape index (κ1) is 16.3. The molecule has 0 heterocycles. The van der Waals surface area contributed by atoms with Gasteiger partial charge in [-0.05, 0) is 19.1 Å². The summed E-state index contributed by atoms with van der Waals surface area (Å²) in [5.41, 5.74) is 0.296. The fraction of sp³-hybridized carbons (Fsp3) is 0.385. The maximum atomic E-state index is 12.3. The van der Waals surface area contributed by atoms with Crippen LogP contribution in [0.4, 0.5) is 0 Å². The van der Waals surface area contributed by atoms with E-state index in [4.69, 9.17) is 5.11 Å². The number of Topliss-reactive ketones (excluding diaryl/α,β-unsaturated/α-hetero) is 1. The Balaban J connectivity index is 3.22. The van der Waals surface area contributed by atoms with E-state index in [1.165, 1.54) is 38.2 Å². The van der Waals surface area contributed by atoms with Crippen LogP contribution in [0, 0.1) is 0 Å². The Morgan fingerprint density at radius 1 is 1.35 bits per heavy atom. The second kappa shape index (κ2) is 6.15. The van der Waals surface area contributed by atoms with Gasteiger partial charge >= 0.3 is 5.97 Å². The zero-order valence-electron chi connectivity index (χ0n) is 11.5. The number of ketones is 1. The molecule has 0 radical (unpaired) electrons. The van der Waals surface area contributed by atoms with Gasteiger partial charge < -0.3 is 5.11 Å². The zero-order valence-corrected chi connectivity index (χ0v) is 12.3. The van der Waals surface area contributed by atoms with Crippen molar-refractivity contribution in [2.75, 3.05) is 7.05 Å². The van der Waals surface area contributed by atoms with Crippen LogP contribution in [-0.4, -0.2) is 42.7 Å². The average Bonchev–Trinajstić information content (AvgIpc) is 2.44. The number of hydrogen-bond donors (Lipinski definition) is 1. The van der Waals surface area contributed by atoms with Crippen LogP contribution in [-0.2, 0) is 14.8 Å². The molecular formula is C13H17NO5S. The van der Waals surface area contributed by atoms with E-state index in [1.807, 2.05) is 0 Å². The van der Waals surface area contributed by atoms with Crippen LogP contribution in [0.2, 0.25) is 0 Å². The summed E-state index contributed by atoms with van der Waals surface area (Å²) in [6.45, 7) is 2.96. The molecule has 0 aliphatic heterocycles. The minimum absolute atomic E-state index is 0.0904. The van der Waals surface area contributed by atoms with E-state index >= 15 is 0 Å². The normalized spacial score (nSPS) is 13.2. The molecule has 0 aliphatic carbocycles. The molecule has 0 saturated heterocycles. The van der Waals surface area contributed by atoms with Gasteiger partial charge in [-0.25, -0.2) is 8.42 Å². The second-order valence-electron chi connectivity index (χ2n) is 4.34. The lowest BCUT2D eigenvalue weighted by Gasteiger charge is -2.21. The zero-order chi connectivity index (χ0) is 15.5. The van der Waals surface area contributed by atoms with E-state index in [9.17, 15) is 18.0 Å². The maximum Gasteiger partial charge on any atom is 0.321 e. The Morgan fingerprint density at radius 2 is 1.95 bits per heavy atom. The highest BCUT2D eigenvalue weighted by Gasteiger charge is 2.29. The summed E-state index contributed by atoms with van der Waals surface area (Å²) in [6, 6.07) is 4.42. The Labute approximate surface area is 118 Å². The van der Waals surface area contributed by atoms with Crippen molar-refractivity contribution < 1.29 is 23.1 Å². The van der Waals surface area contributed by atoms with Crippen molar-refractivity contribution in [2.24, 2.45) is 0 Å². The number of benzene rings is 1. The molecule has 0 saturated carbocycles. The number of carbonyl (C=O) groups excluding carboxylic acids is 1. The number of rotatable bonds is 6. The van der Waals surface area contributed by atoms with Gasteiger partial charge in [0.1, 0.15) is 6.04 Å². The Kier molecular flexibility index (Phi) is 5.02. The predicted octanol–water partition coefficient (Wildman–Crippen LogP) is 1.37. The lowest BCUT2D eigenvalue weighted by molar-refractivity contribution is -0.140. The number of nitrogens with zero attached hydrogens (tertiary/aromatic N) is 1. The molecule has 1 atom stereocenters. The summed E-state index contributed by atoms with van der Waals surface area (Å²) in [5, 5.41) is 8.88. The quantitative estimate of drug-likeness (QED) is 0.801. The molecule has 1 rings (SSSR count). The summed E-state index contributed by atoms with van der Waals surface area (Å²) < 4.78 is 25.4. The van der Waals surface area contributed by atoms with Crippen molar-refractivity contribution in [3.05, 3.63) is 29.8 Å². The predicted molar refractivity (Wildman–Crippen MR) is 73.1 cm³/mol. The summed E-state index contributed by atoms with van der Waals surface area (Å²) in [4.78, 5) is 22.4. The monoisotopic (exact) mass is 299 g/mol. The molecular weight excluding hydrogens is 282 g/mol. The van der Waals surface area contributed by atoms with Gasteiger partial charge in [-0.2, -0.15) is 4.31 Å². The first-order valence-corrected chi connectivity index (χ1v) is 7.50. The van der Waals surface area contributed by atoms with Gasteiger partial charge in [0.15, 0.2) is 5.78 Å². The van der Waals surface area contributed by atoms with E-state index in [0.717, 1.165) is 4.31 Å². The van der Waals surface area contributed by atoms with Crippen LogP contribution in [0.1, 0.15) is 30.6 Å². The van der Waals surface area contributed by atoms with Crippen LogP contribution in [0.5, 0.6) is 0 Å². The molecule has 1 aromatic carbocycles. The van der Waals surface area contributed by atoms with Crippen LogP contribution in [0.3, 0.4) is 0 Å². The van der Waals surface area contributed by atoms with E-state index in [-0.39, 0.29) is 17.1 Å². The highest BCUT2D eigenvalue weighted by molar-refractivity contribution is 7.89. The smallest absolute Gasteiger partial charge is 0.321 e. The Hall–Kier alpha value is -1.73. The number of aliphatic carboxylic acids is 1. The first-order chi connectivity index (χ1) is 9.21. The van der Waals surface area contributed by atoms with Crippen molar-refractivity contribution in [3.8, 4) is 0 Å². The topological polar surface area (TPSA) is 91.8 Å². The standard InChI is InChI=1S/C13H17NO5S/c1-4-12(15)10-6-5-7-11(8-10)20(18,19)14(3)9(2)13(16)17/h5-9H,4H2,1-3H3,(H,16,17). The van der Waals surface area contributed by atoms with E-state index in [1.54, 1.807) is 6.92 Å². The van der Waals surface area contributed by atoms with Crippen molar-refractivity contribution in [2.45, 2.75) is 31.2 Å². The Morgan fingerprint density at radius 3 is 2.45 bits per heavy atom. The van der Waals surface area contributed by atoms with Crippen molar-refractivity contribution in [1.29, 1.82) is 0 Å². The average molecular weight is 299 g/mol. The molecule has 7 heteroatoms. The lowest BCUT2D eigenvalue weighted by Crippen LogP contribution is -2.40. The van der Waals surface area contributed by atoms with E-state index < -0.39 is 22.0 Å². The summed E-state index contributed by atoms with van der Waals surface area (Å²) >= 11 is 0. The Bertz CT molecular complexity index is 623. The van der Waals surface area contributed by atoms with Crippen LogP contribution < -0.4 is 0 Å². The molecule has 1 unspecified atom stereocenters. The fourth-order valence-corrected chi connectivity index (χ4v) is 2.93. The minimum atomic E-state index is -3.95. The van der Waals surface area contributed by atoms with E-state index in [0.29, 0.717) is 5.56 Å². The minimum Gasteiger partial charge on any atom is -0.480 e. The molecule has 6 nitrogen and oxygen atoms in total. The maximum absolute atomic E-state index is 12.3. The first-order valence-electron chi connectivity index (χ1n) is 6.06. The molecule has 0 aliphatic rings. The number of likely N-dealkylation sites (N-methyl/N-ethyl adjacent to an activating group) is 1. The third kappa shape index (κ3) is 3.23. The molecule has 0 amide bonds. The third-order valence-electron chi connectivity index (χ3n) is 3.06. The molecule has 1 N–H and O–H groups in total. The molecule has 110 valence electrons. The van der Waals surface area contributed by atoms with Crippen LogP contribution in [0.25, 0.3) is 0 Å². The van der Waals surface area contributed by atoms with Gasteiger partial charge in [0, 0.05) is 19.0 Å². The van der Waals surface area contributed by atoms with Gasteiger partial charge in [0.2, 0.25) is 10.0 Å². The highest BCUT2D eigenvalue weighted by Crippen LogP contribution is 2.18. The summed E-state index contributed by atoms with van der Waals surface area (Å²) in [7, 11) is -2.75. The number of carbonyl (C=O) groups is 2. The van der Waals surface area contributed by atoms with Gasteiger partial charge in [-0.1, -0.05) is 19.1 Å². The van der Waals surface area contributed by atoms with Gasteiger partial charge in [0.25, 0.3) is 0 Å². The number of sulfonamides is 1. The third-order valence-corrected chi connectivity index (χ3v) is 4.98. The molecule has 0 spiro atoms. The van der Waals surface area contributed by atoms with Gasteiger partial charge in [-0.3, -0.25) is 9.59 Å².